The van der Waals surface area contributed by atoms with Crippen molar-refractivity contribution in [3.8, 4) is 0 Å². The first-order valence-corrected chi connectivity index (χ1v) is 14.2. The van der Waals surface area contributed by atoms with Crippen LogP contribution in [0.25, 0.3) is 0 Å². The third-order valence-electron chi connectivity index (χ3n) is 5.08. The summed E-state index contributed by atoms with van der Waals surface area (Å²) in [6.07, 6.45) is 2.05. The summed E-state index contributed by atoms with van der Waals surface area (Å²) in [5.74, 6) is 2.80. The lowest BCUT2D eigenvalue weighted by Gasteiger charge is -2.35. The van der Waals surface area contributed by atoms with E-state index in [-0.39, 0.29) is 10.5 Å². The van der Waals surface area contributed by atoms with E-state index in [1.54, 1.807) is 0 Å². The second-order valence-electron chi connectivity index (χ2n) is 9.42. The lowest BCUT2D eigenvalue weighted by Crippen LogP contribution is -2.34. The van der Waals surface area contributed by atoms with Gasteiger partial charge in [-0.2, -0.15) is 11.8 Å². The van der Waals surface area contributed by atoms with Gasteiger partial charge in [0.2, 0.25) is 0 Å². The first-order chi connectivity index (χ1) is 13.4. The van der Waals surface area contributed by atoms with Crippen molar-refractivity contribution in [3.05, 3.63) is 0 Å². The van der Waals surface area contributed by atoms with E-state index in [2.05, 4.69) is 60.1 Å². The molecule has 174 valence electrons. The van der Waals surface area contributed by atoms with Crippen molar-refractivity contribution in [1.29, 1.82) is 0 Å². The maximum Gasteiger partial charge on any atom is 0.259 e. The number of hydrogen-bond acceptors (Lipinski definition) is 6. The number of hydrogen-bond donors (Lipinski definition) is 0. The van der Waals surface area contributed by atoms with Gasteiger partial charge in [0.25, 0.3) is 8.53 Å². The molecule has 1 atom stereocenters. The zero-order valence-corrected chi connectivity index (χ0v) is 23.1. The molecule has 0 aromatic carbocycles. The minimum Gasteiger partial charge on any atom is -0.321 e. The Balaban J connectivity index is 4.61. The summed E-state index contributed by atoms with van der Waals surface area (Å²) in [7, 11) is -1.12. The summed E-state index contributed by atoms with van der Waals surface area (Å²) < 4.78 is 14.7. The Morgan fingerprint density at radius 1 is 0.931 bits per heavy atom. The van der Waals surface area contributed by atoms with Crippen LogP contribution in [-0.2, 0) is 13.8 Å². The predicted molar refractivity (Wildman–Crippen MR) is 134 cm³/mol. The third-order valence-corrected chi connectivity index (χ3v) is 9.82. The van der Waals surface area contributed by atoms with Crippen LogP contribution in [0.3, 0.4) is 0 Å². The van der Waals surface area contributed by atoms with Gasteiger partial charge in [-0.25, -0.2) is 4.67 Å². The summed E-state index contributed by atoms with van der Waals surface area (Å²) >= 11 is 3.34. The van der Waals surface area contributed by atoms with E-state index in [1.165, 1.54) is 18.2 Å². The van der Waals surface area contributed by atoms with Gasteiger partial charge in [-0.3, -0.25) is 4.79 Å². The normalized spacial score (nSPS) is 14.2. The Kier molecular flexibility index (Phi) is 15.0. The van der Waals surface area contributed by atoms with E-state index in [4.69, 9.17) is 9.05 Å². The number of carbonyl (C=O) groups is 1. The van der Waals surface area contributed by atoms with Crippen LogP contribution < -0.4 is 0 Å². The number of nitrogens with zero attached hydrogens (tertiary/aromatic N) is 1. The molecule has 0 N–H and O–H groups in total. The highest BCUT2D eigenvalue weighted by Crippen LogP contribution is 2.46. The number of carbonyl (C=O) groups excluding carboxylic acids is 1. The molecule has 0 aliphatic heterocycles. The Morgan fingerprint density at radius 2 is 1.45 bits per heavy atom. The summed E-state index contributed by atoms with van der Waals surface area (Å²) in [5.41, 5.74) is 0.112. The predicted octanol–water partition coefficient (Wildman–Crippen LogP) is 7.23. The average Bonchev–Trinajstić information content (AvgIpc) is 2.63. The summed E-state index contributed by atoms with van der Waals surface area (Å²) in [6.45, 7) is 22.9. The number of rotatable bonds is 16. The third kappa shape index (κ3) is 12.3. The van der Waals surface area contributed by atoms with Crippen molar-refractivity contribution in [2.45, 2.75) is 94.2 Å². The SMILES string of the molecule is CCC(C)(C)CSCCOP(OCCSC(=O)C(C)(C)CC)N(C(C)C)C(C)C. The van der Waals surface area contributed by atoms with Gasteiger partial charge in [0.05, 0.1) is 13.2 Å². The monoisotopic (exact) mass is 467 g/mol. The van der Waals surface area contributed by atoms with Gasteiger partial charge < -0.3 is 9.05 Å². The van der Waals surface area contributed by atoms with Crippen LogP contribution in [0.2, 0.25) is 0 Å². The lowest BCUT2D eigenvalue weighted by atomic mass is 9.92. The molecule has 0 aromatic heterocycles. The Bertz CT molecular complexity index is 451. The summed E-state index contributed by atoms with van der Waals surface area (Å²) in [4.78, 5) is 12.3. The zero-order valence-electron chi connectivity index (χ0n) is 20.5. The number of thioether (sulfide) groups is 2. The van der Waals surface area contributed by atoms with Gasteiger partial charge >= 0.3 is 0 Å². The molecule has 0 bridgehead atoms. The highest BCUT2D eigenvalue weighted by Gasteiger charge is 2.28. The van der Waals surface area contributed by atoms with Crippen molar-refractivity contribution < 1.29 is 13.8 Å². The van der Waals surface area contributed by atoms with Gasteiger partial charge in [0, 0.05) is 29.0 Å². The van der Waals surface area contributed by atoms with E-state index in [0.29, 0.717) is 36.5 Å². The Hall–Kier alpha value is 0.680. The highest BCUT2D eigenvalue weighted by atomic mass is 32.2. The molecule has 0 fully saturated rings. The molecule has 0 rings (SSSR count). The van der Waals surface area contributed by atoms with Crippen LogP contribution in [0.1, 0.15) is 82.1 Å². The molecule has 7 heteroatoms. The van der Waals surface area contributed by atoms with Gasteiger partial charge in [0.1, 0.15) is 0 Å². The Labute approximate surface area is 191 Å². The second kappa shape index (κ2) is 14.7. The van der Waals surface area contributed by atoms with E-state index in [0.717, 1.165) is 17.9 Å². The van der Waals surface area contributed by atoms with Crippen molar-refractivity contribution >= 4 is 37.2 Å². The molecule has 0 saturated heterocycles. The summed E-state index contributed by atoms with van der Waals surface area (Å²) in [5, 5.41) is 0.244. The van der Waals surface area contributed by atoms with Crippen LogP contribution in [0.4, 0.5) is 0 Å². The lowest BCUT2D eigenvalue weighted by molar-refractivity contribution is -0.118. The van der Waals surface area contributed by atoms with E-state index >= 15 is 0 Å². The molecule has 0 heterocycles. The van der Waals surface area contributed by atoms with Crippen LogP contribution in [0.15, 0.2) is 0 Å². The van der Waals surface area contributed by atoms with Crippen molar-refractivity contribution in [1.82, 2.24) is 4.67 Å². The van der Waals surface area contributed by atoms with E-state index in [1.807, 2.05) is 25.6 Å². The fraction of sp³-hybridized carbons (Fsp3) is 0.955. The summed E-state index contributed by atoms with van der Waals surface area (Å²) in [6, 6.07) is 0.696. The topological polar surface area (TPSA) is 38.8 Å². The minimum atomic E-state index is -1.12. The van der Waals surface area contributed by atoms with E-state index in [9.17, 15) is 4.79 Å². The zero-order chi connectivity index (χ0) is 22.7. The quantitative estimate of drug-likeness (QED) is 0.176. The van der Waals surface area contributed by atoms with Crippen LogP contribution in [0.5, 0.6) is 0 Å². The molecule has 4 nitrogen and oxygen atoms in total. The molecule has 0 amide bonds. The molecule has 0 aromatic rings. The van der Waals surface area contributed by atoms with Crippen molar-refractivity contribution in [2.75, 3.05) is 30.5 Å². The second-order valence-corrected chi connectivity index (χ2v) is 13.0. The molecular formula is C22H46NO3PS2. The fourth-order valence-corrected chi connectivity index (χ4v) is 6.19. The maximum atomic E-state index is 12.3. The van der Waals surface area contributed by atoms with Crippen molar-refractivity contribution in [2.24, 2.45) is 10.8 Å². The van der Waals surface area contributed by atoms with Crippen molar-refractivity contribution in [3.63, 3.8) is 0 Å². The van der Waals surface area contributed by atoms with Crippen LogP contribution in [0, 0.1) is 10.8 Å². The maximum absolute atomic E-state index is 12.3. The molecule has 0 aliphatic rings. The average molecular weight is 468 g/mol. The highest BCUT2D eigenvalue weighted by molar-refractivity contribution is 8.13. The smallest absolute Gasteiger partial charge is 0.259 e. The molecule has 0 saturated carbocycles. The van der Waals surface area contributed by atoms with Gasteiger partial charge in [-0.05, 0) is 45.3 Å². The molecular weight excluding hydrogens is 421 g/mol. The molecule has 0 spiro atoms. The standard InChI is InChI=1S/C22H46NO3PS2/c1-11-21(7,8)17-28-15-13-25-27(23(18(3)4)19(5)6)26-14-16-29-20(24)22(9,10)12-2/h18-19H,11-17H2,1-10H3. The molecule has 0 aliphatic carbocycles. The molecule has 0 radical (unpaired) electrons. The van der Waals surface area contributed by atoms with Crippen LogP contribution >= 0.6 is 32.0 Å². The van der Waals surface area contributed by atoms with E-state index < -0.39 is 8.53 Å². The molecule has 1 unspecified atom stereocenters. The van der Waals surface area contributed by atoms with Gasteiger partial charge in [-0.1, -0.05) is 59.7 Å². The minimum absolute atomic E-state index is 0.244. The fourth-order valence-electron chi connectivity index (χ4n) is 2.36. The Morgan fingerprint density at radius 3 is 1.90 bits per heavy atom. The first kappa shape index (κ1) is 29.7. The van der Waals surface area contributed by atoms with Crippen LogP contribution in [-0.4, -0.2) is 52.3 Å². The van der Waals surface area contributed by atoms with Gasteiger partial charge in [-0.15, -0.1) is 0 Å². The largest absolute Gasteiger partial charge is 0.321 e. The first-order valence-electron chi connectivity index (χ1n) is 11.0. The molecule has 29 heavy (non-hydrogen) atoms. The van der Waals surface area contributed by atoms with Gasteiger partial charge in [0.15, 0.2) is 5.12 Å².